The number of pyridine rings is 2. The molecule has 2 aromatic heterocycles. The Morgan fingerprint density at radius 3 is 1.26 bits per heavy atom. The summed E-state index contributed by atoms with van der Waals surface area (Å²) in [6.45, 7) is 15.7. The van der Waals surface area contributed by atoms with Crippen LogP contribution in [-0.2, 0) is 17.6 Å². The molecule has 0 aliphatic carbocycles. The maximum Gasteiger partial charge on any atom is 0.150 e. The maximum atomic E-state index is 15.1. The number of carbonyl (C=O) groups is 1. The van der Waals surface area contributed by atoms with Crippen LogP contribution in [-0.4, -0.2) is 114 Å². The van der Waals surface area contributed by atoms with Crippen LogP contribution in [0, 0.1) is 13.8 Å². The van der Waals surface area contributed by atoms with Crippen LogP contribution in [0.5, 0.6) is 0 Å². The second kappa shape index (κ2) is 20.4. The molecule has 4 aromatic carbocycles. The van der Waals surface area contributed by atoms with E-state index >= 15 is 4.79 Å². The molecule has 2 saturated heterocycles. The van der Waals surface area contributed by atoms with Crippen LogP contribution in [0.4, 0.5) is 11.6 Å². The lowest BCUT2D eigenvalue weighted by Gasteiger charge is -2.38. The zero-order valence-electron chi connectivity index (χ0n) is 36.5. The maximum absolute atomic E-state index is 15.1. The molecule has 2 fully saturated rings. The van der Waals surface area contributed by atoms with E-state index in [0.29, 0.717) is 17.4 Å². The number of piperazine rings is 2. The minimum absolute atomic E-state index is 0.200. The molecule has 2 aliphatic rings. The number of aryl methyl sites for hydroxylation is 2. The summed E-state index contributed by atoms with van der Waals surface area (Å²) >= 11 is 0. The van der Waals surface area contributed by atoms with Gasteiger partial charge >= 0.3 is 0 Å². The highest BCUT2D eigenvalue weighted by atomic mass is 16.1. The second-order valence-corrected chi connectivity index (χ2v) is 17.3. The summed E-state index contributed by atoms with van der Waals surface area (Å²) in [6.07, 6.45) is 2.01. The molecule has 2 unspecified atom stereocenters. The van der Waals surface area contributed by atoms with Crippen molar-refractivity contribution in [3.05, 3.63) is 167 Å². The van der Waals surface area contributed by atoms with Crippen molar-refractivity contribution in [2.75, 3.05) is 90.0 Å². The van der Waals surface area contributed by atoms with Gasteiger partial charge < -0.3 is 21.3 Å². The lowest BCUT2D eigenvalue weighted by Crippen LogP contribution is -2.50. The summed E-state index contributed by atoms with van der Waals surface area (Å²) in [7, 11) is 0. The number of carbonyl (C=O) groups excluding carboxylic acids is 1. The van der Waals surface area contributed by atoms with E-state index in [1.807, 2.05) is 36.4 Å². The third-order valence-corrected chi connectivity index (χ3v) is 13.1. The Morgan fingerprint density at radius 2 is 0.887 bits per heavy atom. The molecule has 9 heteroatoms. The molecule has 0 bridgehead atoms. The SMILES string of the molecule is Cc1cc(-c2cccc(N)n2)ccc1CCN1CCN(CC(C(=O)C(CN2CCN(CCc3ccc(-c4cccc(N)n4)cc3C)CC2)c2ccccc2)c2ccccc2)CC1. The van der Waals surface area contributed by atoms with Gasteiger partial charge in [-0.1, -0.05) is 97.1 Å². The van der Waals surface area contributed by atoms with E-state index < -0.39 is 0 Å². The molecule has 4 N–H and O–H groups in total. The van der Waals surface area contributed by atoms with E-state index in [9.17, 15) is 0 Å². The Bertz CT molecular complexity index is 2220. The van der Waals surface area contributed by atoms with E-state index in [4.69, 9.17) is 11.5 Å². The van der Waals surface area contributed by atoms with Crippen LogP contribution in [0.15, 0.2) is 133 Å². The van der Waals surface area contributed by atoms with Crippen molar-refractivity contribution in [1.82, 2.24) is 29.6 Å². The van der Waals surface area contributed by atoms with Gasteiger partial charge in [-0.2, -0.15) is 0 Å². The van der Waals surface area contributed by atoms with Crippen molar-refractivity contribution in [1.29, 1.82) is 0 Å². The zero-order chi connectivity index (χ0) is 42.8. The highest BCUT2D eigenvalue weighted by molar-refractivity contribution is 5.92. The fourth-order valence-electron chi connectivity index (χ4n) is 9.29. The number of Topliss-reactive ketones (excluding diaryl/α,β-unsaturated/α-hetero) is 1. The van der Waals surface area contributed by atoms with Gasteiger partial charge in [-0.25, -0.2) is 9.97 Å². The van der Waals surface area contributed by atoms with Crippen molar-refractivity contribution in [3.63, 3.8) is 0 Å². The first-order valence-electron chi connectivity index (χ1n) is 22.4. The zero-order valence-corrected chi connectivity index (χ0v) is 36.5. The average molecular weight is 827 g/mol. The number of rotatable bonds is 16. The molecule has 2 aliphatic heterocycles. The van der Waals surface area contributed by atoms with Gasteiger partial charge in [0.2, 0.25) is 0 Å². The molecule has 0 saturated carbocycles. The number of anilines is 2. The predicted octanol–water partition coefficient (Wildman–Crippen LogP) is 7.75. The van der Waals surface area contributed by atoms with E-state index in [-0.39, 0.29) is 11.8 Å². The van der Waals surface area contributed by atoms with Crippen molar-refractivity contribution in [3.8, 4) is 22.5 Å². The topological polar surface area (TPSA) is 108 Å². The first-order chi connectivity index (χ1) is 30.3. The molecule has 9 nitrogen and oxygen atoms in total. The van der Waals surface area contributed by atoms with Gasteiger partial charge in [-0.15, -0.1) is 0 Å². The Hall–Kier alpha value is -5.71. The molecule has 2 atom stereocenters. The summed E-state index contributed by atoms with van der Waals surface area (Å²) < 4.78 is 0. The Balaban J connectivity index is 0.864. The monoisotopic (exact) mass is 827 g/mol. The number of nitrogen functional groups attached to an aromatic ring is 2. The molecular weight excluding hydrogens is 765 g/mol. The third-order valence-electron chi connectivity index (χ3n) is 13.1. The lowest BCUT2D eigenvalue weighted by molar-refractivity contribution is -0.123. The number of ketones is 1. The summed E-state index contributed by atoms with van der Waals surface area (Å²) in [5.74, 6) is 1.01. The number of hydrogen-bond acceptors (Lipinski definition) is 9. The highest BCUT2D eigenvalue weighted by Crippen LogP contribution is 2.30. The Labute approximate surface area is 368 Å². The van der Waals surface area contributed by atoms with E-state index in [1.54, 1.807) is 0 Å². The molecule has 0 radical (unpaired) electrons. The lowest BCUT2D eigenvalue weighted by atomic mass is 9.82. The minimum Gasteiger partial charge on any atom is -0.384 e. The van der Waals surface area contributed by atoms with Crippen LogP contribution < -0.4 is 11.5 Å². The van der Waals surface area contributed by atoms with Crippen molar-refractivity contribution in [2.24, 2.45) is 0 Å². The number of nitrogens with zero attached hydrogens (tertiary/aromatic N) is 6. The van der Waals surface area contributed by atoms with E-state index in [1.165, 1.54) is 22.3 Å². The highest BCUT2D eigenvalue weighted by Gasteiger charge is 2.33. The van der Waals surface area contributed by atoms with Crippen LogP contribution in [0.3, 0.4) is 0 Å². The van der Waals surface area contributed by atoms with Crippen LogP contribution in [0.1, 0.15) is 45.2 Å². The summed E-state index contributed by atoms with van der Waals surface area (Å²) in [5.41, 5.74) is 23.4. The number of benzene rings is 4. The van der Waals surface area contributed by atoms with Crippen LogP contribution >= 0.6 is 0 Å². The van der Waals surface area contributed by atoms with Gasteiger partial charge in [0, 0.05) is 89.7 Å². The average Bonchev–Trinajstić information content (AvgIpc) is 3.30. The molecule has 4 heterocycles. The van der Waals surface area contributed by atoms with Gasteiger partial charge in [0.25, 0.3) is 0 Å². The molecule has 62 heavy (non-hydrogen) atoms. The van der Waals surface area contributed by atoms with E-state index in [0.717, 1.165) is 125 Å². The molecular formula is C53H62N8O. The Morgan fingerprint density at radius 1 is 0.500 bits per heavy atom. The number of nitrogens with two attached hydrogens (primary N) is 2. The summed E-state index contributed by atoms with van der Waals surface area (Å²) in [5, 5.41) is 0. The first-order valence-corrected chi connectivity index (χ1v) is 22.4. The number of hydrogen-bond donors (Lipinski definition) is 2. The third kappa shape index (κ3) is 11.0. The second-order valence-electron chi connectivity index (χ2n) is 17.3. The normalized spacial score (nSPS) is 16.5. The van der Waals surface area contributed by atoms with Crippen LogP contribution in [0.2, 0.25) is 0 Å². The molecule has 0 spiro atoms. The molecule has 6 aromatic rings. The van der Waals surface area contributed by atoms with Gasteiger partial charge in [-0.05, 0) is 96.5 Å². The fraction of sp³-hybridized carbons (Fsp3) is 0.340. The van der Waals surface area contributed by atoms with Gasteiger partial charge in [-0.3, -0.25) is 14.6 Å². The molecule has 320 valence electrons. The van der Waals surface area contributed by atoms with Crippen molar-refractivity contribution < 1.29 is 4.79 Å². The predicted molar refractivity (Wildman–Crippen MR) is 254 cm³/mol. The molecule has 8 rings (SSSR count). The van der Waals surface area contributed by atoms with Crippen LogP contribution in [0.25, 0.3) is 22.5 Å². The van der Waals surface area contributed by atoms with Crippen molar-refractivity contribution >= 4 is 17.4 Å². The minimum atomic E-state index is -0.200. The summed E-state index contributed by atoms with van der Waals surface area (Å²) in [6, 6.07) is 45.9. The van der Waals surface area contributed by atoms with Gasteiger partial charge in [0.05, 0.1) is 23.2 Å². The Kier molecular flexibility index (Phi) is 14.2. The summed E-state index contributed by atoms with van der Waals surface area (Å²) in [4.78, 5) is 34.3. The standard InChI is InChI=1S/C53H62N8O/c1-39-35-45(49-15-9-17-51(54)56-49)21-19-41(39)23-25-58-27-31-60(32-28-58)37-47(43-11-5-3-6-12-43)53(62)48(44-13-7-4-8-14-44)38-61-33-29-59(30-34-61)26-24-42-20-22-46(36-40(42)2)50-16-10-18-52(55)57-50/h3-22,35-36,47-48H,23-34,37-38H2,1-2H3,(H2,54,56)(H2,55,57). The smallest absolute Gasteiger partial charge is 0.150 e. The fourth-order valence-corrected chi connectivity index (χ4v) is 9.29. The first kappa shape index (κ1) is 43.0. The van der Waals surface area contributed by atoms with E-state index in [2.05, 4.69) is 140 Å². The molecule has 0 amide bonds. The number of aromatic nitrogens is 2. The van der Waals surface area contributed by atoms with Gasteiger partial charge in [0.15, 0.2) is 0 Å². The van der Waals surface area contributed by atoms with Crippen molar-refractivity contribution in [2.45, 2.75) is 38.5 Å². The quantitative estimate of drug-likeness (QED) is 0.101. The van der Waals surface area contributed by atoms with Gasteiger partial charge in [0.1, 0.15) is 17.4 Å². The largest absolute Gasteiger partial charge is 0.384 e.